The van der Waals surface area contributed by atoms with E-state index in [0.717, 1.165) is 11.3 Å². The molecule has 0 saturated carbocycles. The monoisotopic (exact) mass is 384 g/mol. The molecule has 0 aliphatic carbocycles. The molecule has 0 atom stereocenters. The molecule has 0 saturated heterocycles. The van der Waals surface area contributed by atoms with Gasteiger partial charge in [0.1, 0.15) is 4.34 Å². The molecule has 3 rings (SSSR count). The third-order valence-corrected chi connectivity index (χ3v) is 5.48. The van der Waals surface area contributed by atoms with Crippen molar-refractivity contribution in [1.29, 1.82) is 0 Å². The fourth-order valence-electron chi connectivity index (χ4n) is 1.96. The quantitative estimate of drug-likeness (QED) is 0.484. The van der Waals surface area contributed by atoms with Crippen LogP contribution in [0.15, 0.2) is 35.5 Å². The normalized spacial score (nSPS) is 10.9. The fourth-order valence-corrected chi connectivity index (χ4v) is 4.23. The smallest absolute Gasteiger partial charge is 0.214 e. The lowest BCUT2D eigenvalue weighted by molar-refractivity contribution is 0.102. The minimum Gasteiger partial charge on any atom is -0.293 e. The van der Waals surface area contributed by atoms with Crippen LogP contribution in [-0.4, -0.2) is 31.7 Å². The molecule has 0 radical (unpaired) electrons. The first kappa shape index (κ1) is 16.4. The number of hydrogen-bond donors (Lipinski definition) is 0. The molecule has 0 spiro atoms. The summed E-state index contributed by atoms with van der Waals surface area (Å²) in [4.78, 5) is 12.3. The van der Waals surface area contributed by atoms with Crippen LogP contribution in [0.2, 0.25) is 8.67 Å². The number of ketones is 1. The summed E-state index contributed by atoms with van der Waals surface area (Å²) >= 11 is 14.3. The van der Waals surface area contributed by atoms with Crippen LogP contribution >= 0.6 is 46.3 Å². The first-order valence-electron chi connectivity index (χ1n) is 6.51. The number of carbonyl (C=O) groups is 1. The summed E-state index contributed by atoms with van der Waals surface area (Å²) in [5.74, 6) is 0.0708. The minimum atomic E-state index is -0.109. The molecule has 0 fully saturated rings. The standard InChI is InChI=1S/C14H10Cl2N4OS2/c1-8-4-2-3-5-10(8)20-14(17-18-19-20)22-7-11(21)9-6-12(15)23-13(9)16/h2-6H,7H2,1H3. The highest BCUT2D eigenvalue weighted by molar-refractivity contribution is 7.99. The Morgan fingerprint density at radius 1 is 1.35 bits per heavy atom. The molecular formula is C14H10Cl2N4OS2. The Morgan fingerprint density at radius 2 is 2.13 bits per heavy atom. The van der Waals surface area contributed by atoms with Crippen molar-refractivity contribution in [3.05, 3.63) is 50.1 Å². The van der Waals surface area contributed by atoms with Gasteiger partial charge in [0.25, 0.3) is 0 Å². The first-order chi connectivity index (χ1) is 11.1. The van der Waals surface area contributed by atoms with E-state index in [1.807, 2.05) is 31.2 Å². The Balaban J connectivity index is 1.78. The van der Waals surface area contributed by atoms with Gasteiger partial charge in [-0.1, -0.05) is 53.2 Å². The van der Waals surface area contributed by atoms with Crippen molar-refractivity contribution in [1.82, 2.24) is 20.2 Å². The summed E-state index contributed by atoms with van der Waals surface area (Å²) in [7, 11) is 0. The molecule has 0 aliphatic heterocycles. The number of hydrogen-bond acceptors (Lipinski definition) is 6. The molecule has 118 valence electrons. The van der Waals surface area contributed by atoms with E-state index in [2.05, 4.69) is 15.5 Å². The Kier molecular flexibility index (Phi) is 5.01. The Bertz CT molecular complexity index is 862. The molecular weight excluding hydrogens is 375 g/mol. The van der Waals surface area contributed by atoms with E-state index in [0.29, 0.717) is 19.4 Å². The van der Waals surface area contributed by atoms with Crippen LogP contribution in [0, 0.1) is 6.92 Å². The second-order valence-corrected chi connectivity index (χ2v) is 7.84. The van der Waals surface area contributed by atoms with E-state index in [-0.39, 0.29) is 11.5 Å². The molecule has 0 bridgehead atoms. The summed E-state index contributed by atoms with van der Waals surface area (Å²) in [6.45, 7) is 1.98. The van der Waals surface area contributed by atoms with Gasteiger partial charge < -0.3 is 0 Å². The molecule has 23 heavy (non-hydrogen) atoms. The van der Waals surface area contributed by atoms with Crippen molar-refractivity contribution in [3.63, 3.8) is 0 Å². The van der Waals surface area contributed by atoms with Crippen LogP contribution in [0.1, 0.15) is 15.9 Å². The lowest BCUT2D eigenvalue weighted by Crippen LogP contribution is -2.05. The van der Waals surface area contributed by atoms with Gasteiger partial charge in [-0.2, -0.15) is 4.68 Å². The van der Waals surface area contributed by atoms with Crippen LogP contribution in [-0.2, 0) is 0 Å². The van der Waals surface area contributed by atoms with Crippen LogP contribution in [0.5, 0.6) is 0 Å². The molecule has 9 heteroatoms. The number of tetrazole rings is 1. The van der Waals surface area contributed by atoms with Crippen LogP contribution in [0.4, 0.5) is 0 Å². The zero-order chi connectivity index (χ0) is 16.4. The molecule has 0 N–H and O–H groups in total. The summed E-state index contributed by atoms with van der Waals surface area (Å²) < 4.78 is 2.52. The number of Topliss-reactive ketones (excluding diaryl/α,β-unsaturated/α-hetero) is 1. The average molecular weight is 385 g/mol. The molecule has 5 nitrogen and oxygen atoms in total. The lowest BCUT2D eigenvalue weighted by Gasteiger charge is -2.06. The van der Waals surface area contributed by atoms with Gasteiger partial charge in [0.2, 0.25) is 5.16 Å². The number of aromatic nitrogens is 4. The predicted molar refractivity (Wildman–Crippen MR) is 93.3 cm³/mol. The van der Waals surface area contributed by atoms with E-state index in [9.17, 15) is 4.79 Å². The van der Waals surface area contributed by atoms with Crippen molar-refractivity contribution in [3.8, 4) is 5.69 Å². The van der Waals surface area contributed by atoms with Crippen molar-refractivity contribution in [2.75, 3.05) is 5.75 Å². The van der Waals surface area contributed by atoms with E-state index in [1.54, 1.807) is 10.7 Å². The van der Waals surface area contributed by atoms with Crippen LogP contribution < -0.4 is 0 Å². The number of benzene rings is 1. The number of rotatable bonds is 5. The molecule has 2 aromatic heterocycles. The van der Waals surface area contributed by atoms with Crippen molar-refractivity contribution in [2.24, 2.45) is 0 Å². The zero-order valence-corrected chi connectivity index (χ0v) is 15.0. The van der Waals surface area contributed by atoms with Gasteiger partial charge in [-0.25, -0.2) is 0 Å². The summed E-state index contributed by atoms with van der Waals surface area (Å²) in [5, 5.41) is 12.2. The first-order valence-corrected chi connectivity index (χ1v) is 9.07. The van der Waals surface area contributed by atoms with Gasteiger partial charge in [-0.15, -0.1) is 16.4 Å². The maximum absolute atomic E-state index is 12.3. The lowest BCUT2D eigenvalue weighted by atomic mass is 10.2. The fraction of sp³-hybridized carbons (Fsp3) is 0.143. The highest BCUT2D eigenvalue weighted by atomic mass is 35.5. The molecule has 0 unspecified atom stereocenters. The van der Waals surface area contributed by atoms with E-state index >= 15 is 0 Å². The number of nitrogens with zero attached hydrogens (tertiary/aromatic N) is 4. The van der Waals surface area contributed by atoms with Gasteiger partial charge in [0, 0.05) is 5.56 Å². The van der Waals surface area contributed by atoms with Gasteiger partial charge in [-0.3, -0.25) is 4.79 Å². The Hall–Kier alpha value is -1.41. The Labute approximate surface area is 150 Å². The maximum Gasteiger partial charge on any atom is 0.214 e. The second-order valence-electron chi connectivity index (χ2n) is 4.61. The van der Waals surface area contributed by atoms with Gasteiger partial charge in [-0.05, 0) is 35.0 Å². The highest BCUT2D eigenvalue weighted by Gasteiger charge is 2.17. The highest BCUT2D eigenvalue weighted by Crippen LogP contribution is 2.32. The molecule has 0 aliphatic rings. The van der Waals surface area contributed by atoms with Crippen LogP contribution in [0.3, 0.4) is 0 Å². The SMILES string of the molecule is Cc1ccccc1-n1nnnc1SCC(=O)c1cc(Cl)sc1Cl. The minimum absolute atomic E-state index is 0.109. The number of halogens is 2. The molecule has 1 aromatic carbocycles. The van der Waals surface area contributed by atoms with Gasteiger partial charge in [0.05, 0.1) is 15.8 Å². The third-order valence-electron chi connectivity index (χ3n) is 3.07. The van der Waals surface area contributed by atoms with E-state index < -0.39 is 0 Å². The number of thioether (sulfide) groups is 1. The number of para-hydroxylation sites is 1. The van der Waals surface area contributed by atoms with Crippen LogP contribution in [0.25, 0.3) is 5.69 Å². The number of thiophene rings is 1. The van der Waals surface area contributed by atoms with E-state index in [4.69, 9.17) is 23.2 Å². The van der Waals surface area contributed by atoms with E-state index in [1.165, 1.54) is 23.1 Å². The summed E-state index contributed by atoms with van der Waals surface area (Å²) in [5.41, 5.74) is 2.36. The maximum atomic E-state index is 12.3. The average Bonchev–Trinajstić information content (AvgIpc) is 3.11. The predicted octanol–water partition coefficient (Wildman–Crippen LogP) is 4.31. The van der Waals surface area contributed by atoms with Crippen molar-refractivity contribution < 1.29 is 4.79 Å². The molecule has 0 amide bonds. The number of aryl methyl sites for hydroxylation is 1. The van der Waals surface area contributed by atoms with Crippen molar-refractivity contribution >= 4 is 52.1 Å². The summed E-state index contributed by atoms with van der Waals surface area (Å²) in [6, 6.07) is 9.34. The zero-order valence-electron chi connectivity index (χ0n) is 11.9. The molecule has 3 aromatic rings. The second kappa shape index (κ2) is 7.00. The number of carbonyl (C=O) groups excluding carboxylic acids is 1. The largest absolute Gasteiger partial charge is 0.293 e. The van der Waals surface area contributed by atoms with Crippen molar-refractivity contribution in [2.45, 2.75) is 12.1 Å². The Morgan fingerprint density at radius 3 is 2.83 bits per heavy atom. The third kappa shape index (κ3) is 3.58. The molecule has 2 heterocycles. The van der Waals surface area contributed by atoms with Gasteiger partial charge >= 0.3 is 0 Å². The topological polar surface area (TPSA) is 60.7 Å². The summed E-state index contributed by atoms with van der Waals surface area (Å²) in [6.07, 6.45) is 0. The van der Waals surface area contributed by atoms with Gasteiger partial charge in [0.15, 0.2) is 5.78 Å².